The van der Waals surface area contributed by atoms with Crippen LogP contribution in [0, 0.1) is 5.41 Å². The van der Waals surface area contributed by atoms with Crippen LogP contribution in [0.3, 0.4) is 0 Å². The molecule has 0 heterocycles. The zero-order valence-electron chi connectivity index (χ0n) is 13.0. The molecular formula is C19H23NO. The highest BCUT2D eigenvalue weighted by molar-refractivity contribution is 5.51. The van der Waals surface area contributed by atoms with Crippen LogP contribution in [0.1, 0.15) is 37.9 Å². The minimum atomic E-state index is 0.224. The number of fused-ring (bicyclic) bond motifs is 1. The van der Waals surface area contributed by atoms with Crippen LogP contribution in [-0.4, -0.2) is 6.61 Å². The summed E-state index contributed by atoms with van der Waals surface area (Å²) in [6.45, 7) is 7.37. The quantitative estimate of drug-likeness (QED) is 0.867. The minimum Gasteiger partial charge on any atom is -0.494 e. The molecule has 0 aromatic heterocycles. The van der Waals surface area contributed by atoms with Crippen molar-refractivity contribution in [3.8, 4) is 5.75 Å². The number of anilines is 1. The molecule has 0 bridgehead atoms. The zero-order chi connectivity index (χ0) is 14.9. The first-order valence-electron chi connectivity index (χ1n) is 7.67. The average Bonchev–Trinajstić information content (AvgIpc) is 2.72. The van der Waals surface area contributed by atoms with Crippen LogP contribution in [0.2, 0.25) is 0 Å². The summed E-state index contributed by atoms with van der Waals surface area (Å²) in [5, 5.41) is 3.70. The highest BCUT2D eigenvalue weighted by Crippen LogP contribution is 2.46. The van der Waals surface area contributed by atoms with Crippen LogP contribution in [0.4, 0.5) is 5.69 Å². The van der Waals surface area contributed by atoms with Gasteiger partial charge in [-0.3, -0.25) is 0 Å². The Balaban J connectivity index is 1.83. The summed E-state index contributed by atoms with van der Waals surface area (Å²) in [5.74, 6) is 0.925. The third kappa shape index (κ3) is 2.76. The largest absolute Gasteiger partial charge is 0.494 e. The SMILES string of the molecule is CCOc1ccc(NC2c3ccccc3CC2(C)C)cc1. The van der Waals surface area contributed by atoms with Gasteiger partial charge in [-0.05, 0) is 54.2 Å². The van der Waals surface area contributed by atoms with Crippen molar-refractivity contribution in [2.45, 2.75) is 33.2 Å². The number of hydrogen-bond acceptors (Lipinski definition) is 2. The van der Waals surface area contributed by atoms with E-state index in [1.807, 2.05) is 19.1 Å². The number of nitrogens with one attached hydrogen (secondary N) is 1. The molecule has 1 unspecified atom stereocenters. The number of hydrogen-bond donors (Lipinski definition) is 1. The molecule has 0 spiro atoms. The van der Waals surface area contributed by atoms with E-state index in [0.717, 1.165) is 17.9 Å². The Labute approximate surface area is 127 Å². The van der Waals surface area contributed by atoms with Crippen LogP contribution in [-0.2, 0) is 6.42 Å². The second-order valence-corrected chi connectivity index (χ2v) is 6.40. The first-order chi connectivity index (χ1) is 10.1. The van der Waals surface area contributed by atoms with Crippen molar-refractivity contribution in [1.82, 2.24) is 0 Å². The first-order valence-corrected chi connectivity index (χ1v) is 7.67. The predicted molar refractivity (Wildman–Crippen MR) is 87.9 cm³/mol. The van der Waals surface area contributed by atoms with E-state index in [1.165, 1.54) is 11.1 Å². The predicted octanol–water partition coefficient (Wildman–Crippen LogP) is 4.82. The second-order valence-electron chi connectivity index (χ2n) is 6.40. The van der Waals surface area contributed by atoms with Gasteiger partial charge in [-0.25, -0.2) is 0 Å². The smallest absolute Gasteiger partial charge is 0.119 e. The Morgan fingerprint density at radius 3 is 2.52 bits per heavy atom. The number of rotatable bonds is 4. The van der Waals surface area contributed by atoms with Gasteiger partial charge >= 0.3 is 0 Å². The molecule has 1 atom stereocenters. The molecule has 2 nitrogen and oxygen atoms in total. The van der Waals surface area contributed by atoms with Crippen LogP contribution < -0.4 is 10.1 Å². The topological polar surface area (TPSA) is 21.3 Å². The fourth-order valence-corrected chi connectivity index (χ4v) is 3.24. The van der Waals surface area contributed by atoms with Crippen molar-refractivity contribution in [2.24, 2.45) is 5.41 Å². The lowest BCUT2D eigenvalue weighted by Crippen LogP contribution is -2.24. The molecule has 0 saturated carbocycles. The molecule has 0 aliphatic heterocycles. The molecule has 1 aliphatic carbocycles. The van der Waals surface area contributed by atoms with Gasteiger partial charge in [0.2, 0.25) is 0 Å². The lowest BCUT2D eigenvalue weighted by molar-refractivity contribution is 0.336. The van der Waals surface area contributed by atoms with E-state index in [4.69, 9.17) is 4.74 Å². The van der Waals surface area contributed by atoms with Gasteiger partial charge in [0, 0.05) is 5.69 Å². The Bertz CT molecular complexity index is 616. The van der Waals surface area contributed by atoms with Crippen molar-refractivity contribution in [1.29, 1.82) is 0 Å². The molecule has 0 radical (unpaired) electrons. The molecule has 0 saturated heterocycles. The van der Waals surface area contributed by atoms with E-state index < -0.39 is 0 Å². The van der Waals surface area contributed by atoms with E-state index in [1.54, 1.807) is 0 Å². The number of ether oxygens (including phenoxy) is 1. The number of benzene rings is 2. The Kier molecular flexibility index (Phi) is 3.62. The average molecular weight is 281 g/mol. The summed E-state index contributed by atoms with van der Waals surface area (Å²) >= 11 is 0. The molecule has 2 aromatic rings. The van der Waals surface area contributed by atoms with Crippen molar-refractivity contribution < 1.29 is 4.74 Å². The molecule has 3 rings (SSSR count). The van der Waals surface area contributed by atoms with Gasteiger partial charge in [0.05, 0.1) is 12.6 Å². The molecule has 0 fully saturated rings. The van der Waals surface area contributed by atoms with E-state index in [0.29, 0.717) is 12.6 Å². The lowest BCUT2D eigenvalue weighted by atomic mass is 9.85. The summed E-state index contributed by atoms with van der Waals surface area (Å²) in [7, 11) is 0. The Hall–Kier alpha value is -1.96. The highest BCUT2D eigenvalue weighted by Gasteiger charge is 2.38. The third-order valence-electron chi connectivity index (χ3n) is 4.27. The van der Waals surface area contributed by atoms with E-state index in [9.17, 15) is 0 Å². The van der Waals surface area contributed by atoms with Crippen LogP contribution >= 0.6 is 0 Å². The first kappa shape index (κ1) is 14.0. The molecular weight excluding hydrogens is 258 g/mol. The van der Waals surface area contributed by atoms with Gasteiger partial charge in [-0.15, -0.1) is 0 Å². The van der Waals surface area contributed by atoms with E-state index in [-0.39, 0.29) is 5.41 Å². The summed E-state index contributed by atoms with van der Waals surface area (Å²) < 4.78 is 5.50. The molecule has 2 heteroatoms. The van der Waals surface area contributed by atoms with Gasteiger partial charge < -0.3 is 10.1 Å². The highest BCUT2D eigenvalue weighted by atomic mass is 16.5. The maximum absolute atomic E-state index is 5.50. The van der Waals surface area contributed by atoms with Gasteiger partial charge in [0.15, 0.2) is 0 Å². The van der Waals surface area contributed by atoms with Gasteiger partial charge in [0.1, 0.15) is 5.75 Å². The summed E-state index contributed by atoms with van der Waals surface area (Å²) in [5.41, 5.74) is 4.26. The van der Waals surface area contributed by atoms with Crippen molar-refractivity contribution in [2.75, 3.05) is 11.9 Å². The monoisotopic (exact) mass is 281 g/mol. The van der Waals surface area contributed by atoms with Gasteiger partial charge in [-0.1, -0.05) is 38.1 Å². The fraction of sp³-hybridized carbons (Fsp3) is 0.368. The van der Waals surface area contributed by atoms with E-state index in [2.05, 4.69) is 55.6 Å². The lowest BCUT2D eigenvalue weighted by Gasteiger charge is -2.29. The molecule has 0 amide bonds. The fourth-order valence-electron chi connectivity index (χ4n) is 3.24. The van der Waals surface area contributed by atoms with Crippen LogP contribution in [0.25, 0.3) is 0 Å². The Morgan fingerprint density at radius 1 is 1.10 bits per heavy atom. The Morgan fingerprint density at radius 2 is 1.81 bits per heavy atom. The minimum absolute atomic E-state index is 0.224. The molecule has 2 aromatic carbocycles. The van der Waals surface area contributed by atoms with Crippen LogP contribution in [0.15, 0.2) is 48.5 Å². The van der Waals surface area contributed by atoms with Gasteiger partial charge in [-0.2, -0.15) is 0 Å². The summed E-state index contributed by atoms with van der Waals surface area (Å²) in [4.78, 5) is 0. The molecule has 110 valence electrons. The molecule has 1 aliphatic rings. The maximum Gasteiger partial charge on any atom is 0.119 e. The summed E-state index contributed by atoms with van der Waals surface area (Å²) in [6, 6.07) is 17.4. The normalized spacial score (nSPS) is 19.1. The summed E-state index contributed by atoms with van der Waals surface area (Å²) in [6.07, 6.45) is 1.12. The van der Waals surface area contributed by atoms with E-state index >= 15 is 0 Å². The van der Waals surface area contributed by atoms with Gasteiger partial charge in [0.25, 0.3) is 0 Å². The maximum atomic E-state index is 5.50. The zero-order valence-corrected chi connectivity index (χ0v) is 13.0. The van der Waals surface area contributed by atoms with Crippen molar-refractivity contribution in [3.05, 3.63) is 59.7 Å². The van der Waals surface area contributed by atoms with Crippen molar-refractivity contribution >= 4 is 5.69 Å². The molecule has 1 N–H and O–H groups in total. The second kappa shape index (κ2) is 5.44. The third-order valence-corrected chi connectivity index (χ3v) is 4.27. The van der Waals surface area contributed by atoms with Crippen LogP contribution in [0.5, 0.6) is 5.75 Å². The molecule has 21 heavy (non-hydrogen) atoms. The van der Waals surface area contributed by atoms with Crippen molar-refractivity contribution in [3.63, 3.8) is 0 Å². The standard InChI is InChI=1S/C19H23NO/c1-4-21-16-11-9-15(10-12-16)20-18-17-8-6-5-7-14(17)13-19(18,2)3/h5-12,18,20H,4,13H2,1-3H3.